The fourth-order valence-corrected chi connectivity index (χ4v) is 0. The summed E-state index contributed by atoms with van der Waals surface area (Å²) >= 11 is 0. The molecule has 0 aliphatic rings. The molecule has 0 bridgehead atoms. The van der Waals surface area contributed by atoms with Gasteiger partial charge in [0.25, 0.3) is 0 Å². The van der Waals surface area contributed by atoms with Crippen molar-refractivity contribution in [3.05, 3.63) is 0 Å². The fourth-order valence-electron chi connectivity index (χ4n) is 0. The average molecular weight is 108 g/mol. The molecule has 0 aliphatic carbocycles. The van der Waals surface area contributed by atoms with Crippen molar-refractivity contribution in [3.63, 3.8) is 0 Å². The molecular weight excluding hydrogens is 98.0 g/mol. The van der Waals surface area contributed by atoms with E-state index in [0.29, 0.717) is 7.61 Å². The first-order valence-corrected chi connectivity index (χ1v) is 5.32. The molecule has 1 unspecified atom stereocenters. The van der Waals surface area contributed by atoms with Crippen LogP contribution in [0.3, 0.4) is 0 Å². The fraction of sp³-hybridized carbons (Fsp3) is 1.00. The summed E-state index contributed by atoms with van der Waals surface area (Å²) in [6, 6.07) is 0. The van der Waals surface area contributed by atoms with Crippen LogP contribution in [-0.2, 0) is 0 Å². The third kappa shape index (κ3) is 4.86. The molecule has 0 aromatic rings. The summed E-state index contributed by atoms with van der Waals surface area (Å²) in [6.07, 6.45) is 1.33. The minimum atomic E-state index is 0.318. The van der Waals surface area contributed by atoms with Gasteiger partial charge in [-0.05, 0) is 12.8 Å². The van der Waals surface area contributed by atoms with Gasteiger partial charge in [-0.2, -0.15) is 0 Å². The van der Waals surface area contributed by atoms with E-state index < -0.39 is 0 Å². The molecule has 5 heavy (non-hydrogen) atoms. The summed E-state index contributed by atoms with van der Waals surface area (Å²) in [5.41, 5.74) is 0. The van der Waals surface area contributed by atoms with Crippen molar-refractivity contribution >= 4 is 16.5 Å². The van der Waals surface area contributed by atoms with Gasteiger partial charge in [0.15, 0.2) is 0 Å². The van der Waals surface area contributed by atoms with Crippen molar-refractivity contribution in [1.82, 2.24) is 0 Å². The monoisotopic (exact) mass is 108 g/mol. The molecule has 0 nitrogen and oxygen atoms in total. The smallest absolute Gasteiger partial charge is 0.0323 e. The van der Waals surface area contributed by atoms with Crippen molar-refractivity contribution in [2.75, 3.05) is 12.8 Å². The third-order valence-electron chi connectivity index (χ3n) is 0.499. The SMILES string of the molecule is CC[P@](C)P. The Bertz CT molecular complexity index is 18.9. The normalized spacial score (nSPS) is 15.0. The summed E-state index contributed by atoms with van der Waals surface area (Å²) in [5.74, 6) is 0. The van der Waals surface area contributed by atoms with Gasteiger partial charge in [-0.1, -0.05) is 14.5 Å². The van der Waals surface area contributed by atoms with Gasteiger partial charge in [0.05, 0.1) is 0 Å². The van der Waals surface area contributed by atoms with Crippen molar-refractivity contribution in [2.24, 2.45) is 0 Å². The van der Waals surface area contributed by atoms with E-state index in [9.17, 15) is 0 Å². The average Bonchev–Trinajstić information content (AvgIpc) is 1.38. The van der Waals surface area contributed by atoms with Crippen LogP contribution < -0.4 is 0 Å². The summed E-state index contributed by atoms with van der Waals surface area (Å²) in [4.78, 5) is 0. The van der Waals surface area contributed by atoms with Crippen LogP contribution in [0.25, 0.3) is 0 Å². The zero-order chi connectivity index (χ0) is 4.28. The van der Waals surface area contributed by atoms with Crippen LogP contribution in [-0.4, -0.2) is 12.8 Å². The van der Waals surface area contributed by atoms with E-state index in [2.05, 4.69) is 22.5 Å². The molecule has 0 rings (SSSR count). The highest BCUT2D eigenvalue weighted by molar-refractivity contribution is 8.13. The lowest BCUT2D eigenvalue weighted by molar-refractivity contribution is 1.51. The molecular formula is C3H10P2. The largest absolute Gasteiger partial charge is 0.112 e. The molecule has 0 aliphatic heterocycles. The molecule has 2 heteroatoms. The van der Waals surface area contributed by atoms with Gasteiger partial charge >= 0.3 is 0 Å². The topological polar surface area (TPSA) is 0 Å². The maximum Gasteiger partial charge on any atom is -0.0323 e. The second kappa shape index (κ2) is 3.07. The van der Waals surface area contributed by atoms with Crippen LogP contribution in [0.2, 0.25) is 0 Å². The van der Waals surface area contributed by atoms with Gasteiger partial charge in [-0.15, -0.1) is 8.93 Å². The Morgan fingerprint density at radius 1 is 1.80 bits per heavy atom. The van der Waals surface area contributed by atoms with Crippen molar-refractivity contribution in [3.8, 4) is 0 Å². The molecule has 0 N–H and O–H groups in total. The Labute approximate surface area is 37.2 Å². The van der Waals surface area contributed by atoms with Gasteiger partial charge in [0.2, 0.25) is 0 Å². The molecule has 0 fully saturated rings. The van der Waals surface area contributed by atoms with E-state index in [1.807, 2.05) is 0 Å². The molecule has 0 aromatic carbocycles. The van der Waals surface area contributed by atoms with E-state index >= 15 is 0 Å². The molecule has 0 saturated carbocycles. The maximum atomic E-state index is 2.80. The van der Waals surface area contributed by atoms with E-state index in [4.69, 9.17) is 0 Å². The molecule has 0 amide bonds. The Morgan fingerprint density at radius 2 is 2.00 bits per heavy atom. The second-order valence-corrected chi connectivity index (χ2v) is 5.86. The van der Waals surface area contributed by atoms with Crippen LogP contribution in [0.15, 0.2) is 0 Å². The predicted octanol–water partition coefficient (Wildman–Crippen LogP) is 1.91. The first-order valence-electron chi connectivity index (χ1n) is 1.73. The van der Waals surface area contributed by atoms with E-state index in [1.165, 1.54) is 6.16 Å². The zero-order valence-electron chi connectivity index (χ0n) is 3.73. The third-order valence-corrected chi connectivity index (χ3v) is 2.59. The Morgan fingerprint density at radius 3 is 2.00 bits per heavy atom. The summed E-state index contributed by atoms with van der Waals surface area (Å²) < 4.78 is 0. The molecule has 0 aromatic heterocycles. The number of hydrogen-bond donors (Lipinski definition) is 0. The minimum Gasteiger partial charge on any atom is -0.112 e. The number of hydrogen-bond acceptors (Lipinski definition) is 0. The quantitative estimate of drug-likeness (QED) is 0.450. The van der Waals surface area contributed by atoms with Gasteiger partial charge < -0.3 is 0 Å². The van der Waals surface area contributed by atoms with E-state index in [1.54, 1.807) is 0 Å². The van der Waals surface area contributed by atoms with Crippen molar-refractivity contribution in [2.45, 2.75) is 6.92 Å². The van der Waals surface area contributed by atoms with Gasteiger partial charge in [-0.3, -0.25) is 0 Å². The van der Waals surface area contributed by atoms with Crippen molar-refractivity contribution in [1.29, 1.82) is 0 Å². The Balaban J connectivity index is 2.54. The Kier molecular flexibility index (Phi) is 3.59. The molecule has 2 atom stereocenters. The van der Waals surface area contributed by atoms with E-state index in [-0.39, 0.29) is 0 Å². The molecule has 0 saturated heterocycles. The standard InChI is InChI=1S/C3H10P2/c1-3-5(2)4/h3-4H2,1-2H3/t5-/m0/s1. The lowest BCUT2D eigenvalue weighted by Crippen LogP contribution is -1.57. The molecule has 32 valence electrons. The van der Waals surface area contributed by atoms with Crippen LogP contribution >= 0.6 is 16.5 Å². The maximum absolute atomic E-state index is 2.80. The van der Waals surface area contributed by atoms with Crippen LogP contribution in [0.4, 0.5) is 0 Å². The minimum absolute atomic E-state index is 0.318. The van der Waals surface area contributed by atoms with Gasteiger partial charge in [0, 0.05) is 0 Å². The molecule has 0 radical (unpaired) electrons. The van der Waals surface area contributed by atoms with Crippen LogP contribution in [0, 0.1) is 0 Å². The second-order valence-electron chi connectivity index (χ2n) is 1.07. The van der Waals surface area contributed by atoms with E-state index in [0.717, 1.165) is 0 Å². The summed E-state index contributed by atoms with van der Waals surface area (Å²) in [5, 5.41) is 0. The molecule has 0 spiro atoms. The number of rotatable bonds is 1. The van der Waals surface area contributed by atoms with Crippen LogP contribution in [0.5, 0.6) is 0 Å². The lowest BCUT2D eigenvalue weighted by atomic mass is 11.0. The summed E-state index contributed by atoms with van der Waals surface area (Å²) in [6.45, 7) is 4.46. The summed E-state index contributed by atoms with van der Waals surface area (Å²) in [7, 11) is 3.12. The van der Waals surface area contributed by atoms with Crippen LogP contribution in [0.1, 0.15) is 6.92 Å². The van der Waals surface area contributed by atoms with Gasteiger partial charge in [-0.25, -0.2) is 0 Å². The molecule has 0 heterocycles. The lowest BCUT2D eigenvalue weighted by Gasteiger charge is -1.92. The Hall–Kier alpha value is 0.860. The van der Waals surface area contributed by atoms with Crippen molar-refractivity contribution < 1.29 is 0 Å². The highest BCUT2D eigenvalue weighted by Crippen LogP contribution is 2.38. The first-order chi connectivity index (χ1) is 2.27. The predicted molar refractivity (Wildman–Crippen MR) is 33.1 cm³/mol. The zero-order valence-corrected chi connectivity index (χ0v) is 5.78. The first kappa shape index (κ1) is 5.86. The highest BCUT2D eigenvalue weighted by Gasteiger charge is 1.78. The van der Waals surface area contributed by atoms with Gasteiger partial charge in [0.1, 0.15) is 0 Å². The highest BCUT2D eigenvalue weighted by atomic mass is 32.0.